The number of halogens is 1. The van der Waals surface area contributed by atoms with Crippen LogP contribution in [0.25, 0.3) is 5.69 Å². The zero-order valence-electron chi connectivity index (χ0n) is 12.1. The van der Waals surface area contributed by atoms with Gasteiger partial charge in [-0.15, -0.1) is 5.10 Å². The summed E-state index contributed by atoms with van der Waals surface area (Å²) < 4.78 is 1.55. The SMILES string of the molecule is CC(C)(C)NC(=O)NCc1nnnn1-c1ccc(Cl)cc1. The minimum Gasteiger partial charge on any atom is -0.334 e. The van der Waals surface area contributed by atoms with Crippen LogP contribution in [0.3, 0.4) is 0 Å². The minimum absolute atomic E-state index is 0.220. The first-order valence-corrected chi connectivity index (χ1v) is 6.82. The van der Waals surface area contributed by atoms with Crippen LogP contribution in [0.2, 0.25) is 5.02 Å². The molecule has 1 aromatic carbocycles. The normalized spacial score (nSPS) is 11.2. The number of nitrogens with zero attached hydrogens (tertiary/aromatic N) is 4. The van der Waals surface area contributed by atoms with Crippen LogP contribution in [0.5, 0.6) is 0 Å². The first kappa shape index (κ1) is 15.2. The van der Waals surface area contributed by atoms with E-state index in [1.165, 1.54) is 0 Å². The second-order valence-electron chi connectivity index (χ2n) is 5.54. The minimum atomic E-state index is -0.299. The Balaban J connectivity index is 2.04. The highest BCUT2D eigenvalue weighted by atomic mass is 35.5. The molecule has 0 atom stereocenters. The van der Waals surface area contributed by atoms with Gasteiger partial charge in [0, 0.05) is 10.6 Å². The van der Waals surface area contributed by atoms with Crippen molar-refractivity contribution in [2.75, 3.05) is 0 Å². The monoisotopic (exact) mass is 308 g/mol. The fourth-order valence-corrected chi connectivity index (χ4v) is 1.77. The van der Waals surface area contributed by atoms with E-state index in [2.05, 4.69) is 26.2 Å². The Bertz CT molecular complexity index is 616. The van der Waals surface area contributed by atoms with Gasteiger partial charge in [0.2, 0.25) is 0 Å². The molecule has 112 valence electrons. The smallest absolute Gasteiger partial charge is 0.315 e. The Hall–Kier alpha value is -2.15. The van der Waals surface area contributed by atoms with Gasteiger partial charge < -0.3 is 10.6 Å². The molecule has 2 amide bonds. The highest BCUT2D eigenvalue weighted by Crippen LogP contribution is 2.13. The van der Waals surface area contributed by atoms with Gasteiger partial charge in [-0.25, -0.2) is 4.79 Å². The topological polar surface area (TPSA) is 84.7 Å². The Morgan fingerprint density at radius 1 is 1.29 bits per heavy atom. The van der Waals surface area contributed by atoms with Crippen LogP contribution in [0.1, 0.15) is 26.6 Å². The predicted molar refractivity (Wildman–Crippen MR) is 79.3 cm³/mol. The van der Waals surface area contributed by atoms with Gasteiger partial charge in [-0.2, -0.15) is 4.68 Å². The van der Waals surface area contributed by atoms with Gasteiger partial charge in [-0.1, -0.05) is 11.6 Å². The van der Waals surface area contributed by atoms with Gasteiger partial charge in [-0.3, -0.25) is 0 Å². The molecule has 0 saturated heterocycles. The number of hydrogen-bond donors (Lipinski definition) is 2. The second kappa shape index (κ2) is 6.09. The molecule has 0 fully saturated rings. The van der Waals surface area contributed by atoms with Crippen LogP contribution in [0, 0.1) is 0 Å². The molecule has 7 nitrogen and oxygen atoms in total. The molecule has 2 aromatic rings. The first-order valence-electron chi connectivity index (χ1n) is 6.44. The molecule has 0 radical (unpaired) electrons. The van der Waals surface area contributed by atoms with E-state index in [0.717, 1.165) is 5.69 Å². The average Bonchev–Trinajstić information content (AvgIpc) is 2.83. The lowest BCUT2D eigenvalue weighted by Crippen LogP contribution is -2.46. The van der Waals surface area contributed by atoms with E-state index >= 15 is 0 Å². The third-order valence-corrected chi connectivity index (χ3v) is 2.75. The summed E-state index contributed by atoms with van der Waals surface area (Å²) >= 11 is 5.85. The number of carbonyl (C=O) groups excluding carboxylic acids is 1. The van der Waals surface area contributed by atoms with Crippen molar-refractivity contribution in [1.29, 1.82) is 0 Å². The van der Waals surface area contributed by atoms with E-state index in [9.17, 15) is 4.79 Å². The van der Waals surface area contributed by atoms with Crippen molar-refractivity contribution in [3.8, 4) is 5.69 Å². The third-order valence-electron chi connectivity index (χ3n) is 2.50. The number of tetrazole rings is 1. The van der Waals surface area contributed by atoms with Gasteiger partial charge in [0.25, 0.3) is 0 Å². The first-order chi connectivity index (χ1) is 9.85. The molecule has 8 heteroatoms. The Morgan fingerprint density at radius 2 is 1.95 bits per heavy atom. The van der Waals surface area contributed by atoms with Crippen molar-refractivity contribution in [1.82, 2.24) is 30.8 Å². The maximum Gasteiger partial charge on any atom is 0.315 e. The second-order valence-corrected chi connectivity index (χ2v) is 5.98. The standard InChI is InChI=1S/C13H17ClN6O/c1-13(2,3)16-12(21)15-8-11-17-18-19-20(11)10-6-4-9(14)5-7-10/h4-7H,8H2,1-3H3,(H2,15,16,21). The van der Waals surface area contributed by atoms with Crippen molar-refractivity contribution in [3.63, 3.8) is 0 Å². The highest BCUT2D eigenvalue weighted by molar-refractivity contribution is 6.30. The Morgan fingerprint density at radius 3 is 2.57 bits per heavy atom. The van der Waals surface area contributed by atoms with Gasteiger partial charge in [0.1, 0.15) is 0 Å². The molecule has 1 heterocycles. The number of amides is 2. The number of aromatic nitrogens is 4. The molecule has 0 aliphatic rings. The number of nitrogens with one attached hydrogen (secondary N) is 2. The predicted octanol–water partition coefficient (Wildman–Crippen LogP) is 1.91. The average molecular weight is 309 g/mol. The van der Waals surface area contributed by atoms with Crippen LogP contribution in [-0.2, 0) is 6.54 Å². The molecule has 0 unspecified atom stereocenters. The van der Waals surface area contributed by atoms with Crippen LogP contribution in [-0.4, -0.2) is 31.8 Å². The fraction of sp³-hybridized carbons (Fsp3) is 0.385. The molecular weight excluding hydrogens is 292 g/mol. The number of benzene rings is 1. The van der Waals surface area contributed by atoms with E-state index in [-0.39, 0.29) is 18.1 Å². The molecule has 0 aliphatic heterocycles. The molecule has 2 N–H and O–H groups in total. The molecule has 0 aliphatic carbocycles. The third kappa shape index (κ3) is 4.42. The lowest BCUT2D eigenvalue weighted by molar-refractivity contribution is 0.231. The van der Waals surface area contributed by atoms with E-state index in [0.29, 0.717) is 10.8 Å². The quantitative estimate of drug-likeness (QED) is 0.907. The summed E-state index contributed by atoms with van der Waals surface area (Å²) in [6, 6.07) is 6.84. The maximum atomic E-state index is 11.7. The molecular formula is C13H17ClN6O. The lowest BCUT2D eigenvalue weighted by atomic mass is 10.1. The maximum absolute atomic E-state index is 11.7. The van der Waals surface area contributed by atoms with Crippen LogP contribution >= 0.6 is 11.6 Å². The summed E-state index contributed by atoms with van der Waals surface area (Å²) in [7, 11) is 0. The number of rotatable bonds is 3. The van der Waals surface area contributed by atoms with E-state index in [1.807, 2.05) is 20.8 Å². The molecule has 0 bridgehead atoms. The summed E-state index contributed by atoms with van der Waals surface area (Å²) in [6.07, 6.45) is 0. The number of carbonyl (C=O) groups is 1. The summed E-state index contributed by atoms with van der Waals surface area (Å²) in [6.45, 7) is 5.94. The zero-order chi connectivity index (χ0) is 15.5. The molecule has 0 spiro atoms. The van der Waals surface area contributed by atoms with E-state index < -0.39 is 0 Å². The van der Waals surface area contributed by atoms with Crippen molar-refractivity contribution < 1.29 is 4.79 Å². The number of urea groups is 1. The fourth-order valence-electron chi connectivity index (χ4n) is 1.64. The summed E-state index contributed by atoms with van der Waals surface area (Å²) in [5.41, 5.74) is 0.476. The van der Waals surface area contributed by atoms with Crippen molar-refractivity contribution >= 4 is 17.6 Å². The largest absolute Gasteiger partial charge is 0.334 e. The zero-order valence-corrected chi connectivity index (χ0v) is 12.8. The van der Waals surface area contributed by atoms with E-state index in [1.54, 1.807) is 28.9 Å². The van der Waals surface area contributed by atoms with Gasteiger partial charge in [0.05, 0.1) is 12.2 Å². The van der Waals surface area contributed by atoms with Crippen LogP contribution in [0.15, 0.2) is 24.3 Å². The lowest BCUT2D eigenvalue weighted by Gasteiger charge is -2.20. The van der Waals surface area contributed by atoms with Crippen LogP contribution in [0.4, 0.5) is 4.79 Å². The highest BCUT2D eigenvalue weighted by Gasteiger charge is 2.14. The van der Waals surface area contributed by atoms with Gasteiger partial charge in [0.15, 0.2) is 5.82 Å². The molecule has 0 saturated carbocycles. The summed E-state index contributed by atoms with van der Waals surface area (Å²) in [5.74, 6) is 0.529. The summed E-state index contributed by atoms with van der Waals surface area (Å²) in [5, 5.41) is 17.6. The molecule has 2 rings (SSSR count). The van der Waals surface area contributed by atoms with Gasteiger partial charge >= 0.3 is 6.03 Å². The summed E-state index contributed by atoms with van der Waals surface area (Å²) in [4.78, 5) is 11.7. The van der Waals surface area contributed by atoms with Crippen molar-refractivity contribution in [2.45, 2.75) is 32.9 Å². The van der Waals surface area contributed by atoms with Crippen molar-refractivity contribution in [3.05, 3.63) is 35.1 Å². The van der Waals surface area contributed by atoms with Gasteiger partial charge in [-0.05, 0) is 55.5 Å². The molecule has 21 heavy (non-hydrogen) atoms. The Kier molecular flexibility index (Phi) is 4.42. The van der Waals surface area contributed by atoms with E-state index in [4.69, 9.17) is 11.6 Å². The van der Waals surface area contributed by atoms with Crippen molar-refractivity contribution in [2.24, 2.45) is 0 Å². The molecule has 1 aromatic heterocycles. The van der Waals surface area contributed by atoms with Crippen LogP contribution < -0.4 is 10.6 Å². The number of hydrogen-bond acceptors (Lipinski definition) is 4. The Labute approximate surface area is 127 Å².